The molecule has 0 saturated carbocycles. The van der Waals surface area contributed by atoms with Crippen molar-refractivity contribution in [1.29, 1.82) is 0 Å². The van der Waals surface area contributed by atoms with Crippen molar-refractivity contribution in [2.45, 2.75) is 13.3 Å². The summed E-state index contributed by atoms with van der Waals surface area (Å²) in [5, 5.41) is 8.56. The van der Waals surface area contributed by atoms with Crippen LogP contribution in [0.2, 0.25) is 0 Å². The van der Waals surface area contributed by atoms with Crippen molar-refractivity contribution in [2.24, 2.45) is 0 Å². The molecule has 0 atom stereocenters. The molecule has 0 aliphatic carbocycles. The zero-order valence-electron chi connectivity index (χ0n) is 10.4. The van der Waals surface area contributed by atoms with E-state index in [1.54, 1.807) is 0 Å². The number of amides is 2. The zero-order valence-corrected chi connectivity index (χ0v) is 10.4. The van der Waals surface area contributed by atoms with E-state index in [1.807, 2.05) is 6.92 Å². The molecule has 98 valence electrons. The predicted octanol–water partition coefficient (Wildman–Crippen LogP) is -1.47. The van der Waals surface area contributed by atoms with Gasteiger partial charge in [-0.15, -0.1) is 0 Å². The molecular formula is C11H22N4O2. The molecular weight excluding hydrogens is 220 g/mol. The first-order valence-electron chi connectivity index (χ1n) is 6.19. The van der Waals surface area contributed by atoms with Gasteiger partial charge < -0.3 is 16.0 Å². The van der Waals surface area contributed by atoms with Crippen LogP contribution in [0.3, 0.4) is 0 Å². The predicted molar refractivity (Wildman–Crippen MR) is 65.6 cm³/mol. The van der Waals surface area contributed by atoms with Crippen LogP contribution in [-0.2, 0) is 9.59 Å². The van der Waals surface area contributed by atoms with Crippen LogP contribution in [0, 0.1) is 0 Å². The molecule has 0 radical (unpaired) electrons. The maximum Gasteiger partial charge on any atom is 0.239 e. The number of nitrogens with one attached hydrogen (secondary N) is 3. The van der Waals surface area contributed by atoms with Crippen LogP contribution < -0.4 is 16.0 Å². The summed E-state index contributed by atoms with van der Waals surface area (Å²) in [5.74, 6) is -0.209. The molecule has 1 aliphatic heterocycles. The lowest BCUT2D eigenvalue weighted by Gasteiger charge is -2.26. The van der Waals surface area contributed by atoms with Crippen LogP contribution in [0.25, 0.3) is 0 Å². The van der Waals surface area contributed by atoms with E-state index in [2.05, 4.69) is 20.9 Å². The Bertz CT molecular complexity index is 252. The minimum Gasteiger partial charge on any atom is -0.355 e. The second-order valence-corrected chi connectivity index (χ2v) is 4.15. The molecule has 0 unspecified atom stereocenters. The van der Waals surface area contributed by atoms with Gasteiger partial charge >= 0.3 is 0 Å². The number of nitrogens with zero attached hydrogens (tertiary/aromatic N) is 1. The molecule has 0 aromatic heterocycles. The number of hydrogen-bond donors (Lipinski definition) is 3. The highest BCUT2D eigenvalue weighted by atomic mass is 16.2. The summed E-state index contributed by atoms with van der Waals surface area (Å²) in [5.41, 5.74) is 0. The fraction of sp³-hybridized carbons (Fsp3) is 0.818. The first-order chi connectivity index (χ1) is 8.22. The van der Waals surface area contributed by atoms with Gasteiger partial charge in [0.15, 0.2) is 0 Å². The van der Waals surface area contributed by atoms with Gasteiger partial charge in [-0.1, -0.05) is 6.92 Å². The highest BCUT2D eigenvalue weighted by Crippen LogP contribution is 1.90. The Morgan fingerprint density at radius 3 is 2.53 bits per heavy atom. The van der Waals surface area contributed by atoms with Crippen molar-refractivity contribution in [3.63, 3.8) is 0 Å². The smallest absolute Gasteiger partial charge is 0.239 e. The molecule has 1 saturated heterocycles. The van der Waals surface area contributed by atoms with E-state index in [-0.39, 0.29) is 18.4 Å². The van der Waals surface area contributed by atoms with Gasteiger partial charge in [-0.25, -0.2) is 0 Å². The fourth-order valence-corrected chi connectivity index (χ4v) is 1.63. The second kappa shape index (κ2) is 8.03. The molecule has 6 nitrogen and oxygen atoms in total. The number of carbonyl (C=O) groups excluding carboxylic acids is 2. The summed E-state index contributed by atoms with van der Waals surface area (Å²) in [4.78, 5) is 24.9. The average Bonchev–Trinajstić information content (AvgIpc) is 2.35. The van der Waals surface area contributed by atoms with E-state index in [0.717, 1.165) is 32.6 Å². The Hall–Kier alpha value is -1.14. The van der Waals surface area contributed by atoms with Crippen molar-refractivity contribution < 1.29 is 9.59 Å². The average molecular weight is 242 g/mol. The first-order valence-corrected chi connectivity index (χ1v) is 6.19. The van der Waals surface area contributed by atoms with Crippen molar-refractivity contribution in [2.75, 3.05) is 45.8 Å². The van der Waals surface area contributed by atoms with Crippen molar-refractivity contribution >= 4 is 11.8 Å². The highest BCUT2D eigenvalue weighted by molar-refractivity contribution is 5.85. The molecule has 1 fully saturated rings. The number of rotatable bonds is 6. The summed E-state index contributed by atoms with van der Waals surface area (Å²) in [7, 11) is 0. The SMILES string of the molecule is CCCNC(=O)CNC(=O)CN1CCNCC1. The third-order valence-corrected chi connectivity index (χ3v) is 2.60. The molecule has 17 heavy (non-hydrogen) atoms. The number of carbonyl (C=O) groups is 2. The standard InChI is InChI=1S/C11H22N4O2/c1-2-3-13-10(16)8-14-11(17)9-15-6-4-12-5-7-15/h12H,2-9H2,1H3,(H,13,16)(H,14,17). The quantitative estimate of drug-likeness (QED) is 0.532. The number of hydrogen-bond acceptors (Lipinski definition) is 4. The molecule has 1 heterocycles. The highest BCUT2D eigenvalue weighted by Gasteiger charge is 2.13. The number of piperazine rings is 1. The lowest BCUT2D eigenvalue weighted by atomic mass is 10.3. The molecule has 3 N–H and O–H groups in total. The Kier molecular flexibility index (Phi) is 6.57. The third kappa shape index (κ3) is 6.23. The van der Waals surface area contributed by atoms with Crippen LogP contribution in [0.1, 0.15) is 13.3 Å². The van der Waals surface area contributed by atoms with Crippen LogP contribution >= 0.6 is 0 Å². The van der Waals surface area contributed by atoms with Crippen molar-refractivity contribution in [3.05, 3.63) is 0 Å². The maximum absolute atomic E-state index is 11.5. The van der Waals surface area contributed by atoms with Gasteiger partial charge in [-0.3, -0.25) is 14.5 Å². The van der Waals surface area contributed by atoms with E-state index in [1.165, 1.54) is 0 Å². The Morgan fingerprint density at radius 1 is 1.18 bits per heavy atom. The van der Waals surface area contributed by atoms with Gasteiger partial charge in [0.2, 0.25) is 11.8 Å². The summed E-state index contributed by atoms with van der Waals surface area (Å²) in [6.45, 7) is 6.71. The van der Waals surface area contributed by atoms with Crippen LogP contribution in [-0.4, -0.2) is 62.5 Å². The normalized spacial score (nSPS) is 16.5. The summed E-state index contributed by atoms with van der Waals surface area (Å²) >= 11 is 0. The molecule has 0 aromatic rings. The monoisotopic (exact) mass is 242 g/mol. The summed E-state index contributed by atoms with van der Waals surface area (Å²) in [6, 6.07) is 0. The summed E-state index contributed by atoms with van der Waals surface area (Å²) < 4.78 is 0. The first kappa shape index (κ1) is 13.9. The molecule has 0 aromatic carbocycles. The van der Waals surface area contributed by atoms with E-state index in [9.17, 15) is 9.59 Å². The molecule has 0 bridgehead atoms. The van der Waals surface area contributed by atoms with Gasteiger partial charge in [0.1, 0.15) is 0 Å². The molecule has 1 rings (SSSR count). The molecule has 6 heteroatoms. The lowest BCUT2D eigenvalue weighted by Crippen LogP contribution is -2.48. The minimum absolute atomic E-state index is 0.0743. The zero-order chi connectivity index (χ0) is 12.5. The largest absolute Gasteiger partial charge is 0.355 e. The second-order valence-electron chi connectivity index (χ2n) is 4.15. The Balaban J connectivity index is 2.09. The Morgan fingerprint density at radius 2 is 1.88 bits per heavy atom. The summed E-state index contributed by atoms with van der Waals surface area (Å²) in [6.07, 6.45) is 0.903. The van der Waals surface area contributed by atoms with E-state index < -0.39 is 0 Å². The van der Waals surface area contributed by atoms with Crippen molar-refractivity contribution in [3.8, 4) is 0 Å². The van der Waals surface area contributed by atoms with Gasteiger partial charge in [-0.2, -0.15) is 0 Å². The Labute approximate surface area is 102 Å². The minimum atomic E-state index is -0.125. The lowest BCUT2D eigenvalue weighted by molar-refractivity contribution is -0.126. The van der Waals surface area contributed by atoms with Gasteiger partial charge in [0.05, 0.1) is 13.1 Å². The van der Waals surface area contributed by atoms with E-state index >= 15 is 0 Å². The van der Waals surface area contributed by atoms with Crippen molar-refractivity contribution in [1.82, 2.24) is 20.9 Å². The topological polar surface area (TPSA) is 73.5 Å². The van der Waals surface area contributed by atoms with Crippen LogP contribution in [0.4, 0.5) is 0 Å². The van der Waals surface area contributed by atoms with Crippen LogP contribution in [0.15, 0.2) is 0 Å². The third-order valence-electron chi connectivity index (χ3n) is 2.60. The van der Waals surface area contributed by atoms with E-state index in [0.29, 0.717) is 13.1 Å². The maximum atomic E-state index is 11.5. The molecule has 2 amide bonds. The molecule has 0 spiro atoms. The van der Waals surface area contributed by atoms with Crippen LogP contribution in [0.5, 0.6) is 0 Å². The van der Waals surface area contributed by atoms with Gasteiger partial charge in [0.25, 0.3) is 0 Å². The van der Waals surface area contributed by atoms with Gasteiger partial charge in [0, 0.05) is 32.7 Å². The fourth-order valence-electron chi connectivity index (χ4n) is 1.63. The van der Waals surface area contributed by atoms with Gasteiger partial charge in [-0.05, 0) is 6.42 Å². The van der Waals surface area contributed by atoms with E-state index in [4.69, 9.17) is 0 Å². The molecule has 1 aliphatic rings.